The number of aliphatic hydroxyl groups is 1. The van der Waals surface area contributed by atoms with E-state index in [0.717, 1.165) is 6.42 Å². The molecule has 0 aromatic heterocycles. The van der Waals surface area contributed by atoms with Gasteiger partial charge in [0, 0.05) is 0 Å². The van der Waals surface area contributed by atoms with Crippen LogP contribution in [0.4, 0.5) is 0 Å². The van der Waals surface area contributed by atoms with E-state index in [9.17, 15) is 5.11 Å². The molecule has 0 heterocycles. The Morgan fingerprint density at radius 2 is 2.00 bits per heavy atom. The Morgan fingerprint density at radius 1 is 1.55 bits per heavy atom. The second-order valence-electron chi connectivity index (χ2n) is 4.18. The highest BCUT2D eigenvalue weighted by molar-refractivity contribution is 4.86. The van der Waals surface area contributed by atoms with E-state index in [1.165, 1.54) is 0 Å². The van der Waals surface area contributed by atoms with Crippen molar-refractivity contribution < 1.29 is 9.84 Å². The lowest BCUT2D eigenvalue weighted by atomic mass is 10.0. The van der Waals surface area contributed by atoms with E-state index in [2.05, 4.69) is 6.92 Å². The topological polar surface area (TPSA) is 29.5 Å². The van der Waals surface area contributed by atoms with Gasteiger partial charge in [-0.3, -0.25) is 0 Å². The summed E-state index contributed by atoms with van der Waals surface area (Å²) in [4.78, 5) is 0. The minimum absolute atomic E-state index is 0.0579. The molecular weight excluding hydrogens is 140 g/mol. The van der Waals surface area contributed by atoms with Gasteiger partial charge in [-0.1, -0.05) is 6.92 Å². The Labute approximate surface area is 68.6 Å². The van der Waals surface area contributed by atoms with Crippen LogP contribution in [-0.2, 0) is 4.74 Å². The molecular formula is C9H18O2. The first-order valence-corrected chi connectivity index (χ1v) is 4.29. The molecule has 0 aliphatic heterocycles. The molecule has 66 valence electrons. The van der Waals surface area contributed by atoms with Crippen molar-refractivity contribution in [3.8, 4) is 0 Å². The van der Waals surface area contributed by atoms with Crippen molar-refractivity contribution in [3.05, 3.63) is 0 Å². The minimum Gasteiger partial charge on any atom is -0.388 e. The molecule has 3 atom stereocenters. The van der Waals surface area contributed by atoms with Crippen LogP contribution in [0.15, 0.2) is 0 Å². The fourth-order valence-corrected chi connectivity index (χ4v) is 0.906. The summed E-state index contributed by atoms with van der Waals surface area (Å²) >= 11 is 0. The maximum atomic E-state index is 9.52. The van der Waals surface area contributed by atoms with Crippen LogP contribution in [0.3, 0.4) is 0 Å². The summed E-state index contributed by atoms with van der Waals surface area (Å²) in [6.45, 7) is 7.65. The van der Waals surface area contributed by atoms with E-state index in [4.69, 9.17) is 4.74 Å². The number of rotatable bonds is 3. The first-order chi connectivity index (χ1) is 4.91. The van der Waals surface area contributed by atoms with Gasteiger partial charge < -0.3 is 9.84 Å². The average molecular weight is 158 g/mol. The van der Waals surface area contributed by atoms with Gasteiger partial charge in [0.05, 0.1) is 17.8 Å². The summed E-state index contributed by atoms with van der Waals surface area (Å²) in [5.74, 6) is 0.694. The Balaban J connectivity index is 2.26. The first kappa shape index (κ1) is 9.01. The van der Waals surface area contributed by atoms with E-state index >= 15 is 0 Å². The molecule has 0 saturated heterocycles. The summed E-state index contributed by atoms with van der Waals surface area (Å²) in [5, 5.41) is 9.52. The zero-order valence-electron chi connectivity index (χ0n) is 7.79. The average Bonchev–Trinajstić information content (AvgIpc) is 2.44. The van der Waals surface area contributed by atoms with Crippen LogP contribution in [0, 0.1) is 5.92 Å². The molecule has 11 heavy (non-hydrogen) atoms. The maximum absolute atomic E-state index is 9.52. The molecule has 0 bridgehead atoms. The van der Waals surface area contributed by atoms with Crippen molar-refractivity contribution in [1.82, 2.24) is 0 Å². The predicted octanol–water partition coefficient (Wildman–Crippen LogP) is 1.57. The van der Waals surface area contributed by atoms with E-state index < -0.39 is 5.60 Å². The minimum atomic E-state index is -0.706. The lowest BCUT2D eigenvalue weighted by molar-refractivity contribution is -0.0877. The molecule has 1 aliphatic rings. The Bertz CT molecular complexity index is 137. The van der Waals surface area contributed by atoms with E-state index in [1.807, 2.05) is 6.92 Å². The fraction of sp³-hybridized carbons (Fsp3) is 1.00. The fourth-order valence-electron chi connectivity index (χ4n) is 0.906. The third kappa shape index (κ3) is 2.46. The molecule has 0 amide bonds. The highest BCUT2D eigenvalue weighted by atomic mass is 16.5. The maximum Gasteiger partial charge on any atom is 0.0849 e. The normalized spacial score (nSPS) is 33.5. The van der Waals surface area contributed by atoms with Gasteiger partial charge in [0.25, 0.3) is 0 Å². The van der Waals surface area contributed by atoms with E-state index in [0.29, 0.717) is 12.0 Å². The highest BCUT2D eigenvalue weighted by Gasteiger charge is 2.37. The molecule has 1 saturated carbocycles. The van der Waals surface area contributed by atoms with E-state index in [-0.39, 0.29) is 6.10 Å². The zero-order valence-corrected chi connectivity index (χ0v) is 7.79. The third-order valence-electron chi connectivity index (χ3n) is 2.41. The molecule has 0 aromatic rings. The van der Waals surface area contributed by atoms with Crippen LogP contribution >= 0.6 is 0 Å². The third-order valence-corrected chi connectivity index (χ3v) is 2.41. The first-order valence-electron chi connectivity index (χ1n) is 4.29. The smallest absolute Gasteiger partial charge is 0.0849 e. The van der Waals surface area contributed by atoms with Gasteiger partial charge in [0.1, 0.15) is 0 Å². The lowest BCUT2D eigenvalue weighted by Gasteiger charge is -2.25. The highest BCUT2D eigenvalue weighted by Crippen LogP contribution is 2.35. The van der Waals surface area contributed by atoms with Crippen molar-refractivity contribution in [2.24, 2.45) is 5.92 Å². The Morgan fingerprint density at radius 3 is 2.27 bits per heavy atom. The summed E-state index contributed by atoms with van der Waals surface area (Å²) in [7, 11) is 0. The standard InChI is InChI=1S/C9H18O2/c1-6-5-8(6)11-7(2)9(3,4)10/h6-8,10H,5H2,1-4H3. The SMILES string of the molecule is CC1CC1OC(C)C(C)(C)O. The monoisotopic (exact) mass is 158 g/mol. The van der Waals surface area contributed by atoms with Crippen LogP contribution < -0.4 is 0 Å². The molecule has 1 fully saturated rings. The van der Waals surface area contributed by atoms with Gasteiger partial charge in [-0.05, 0) is 33.1 Å². The molecule has 0 spiro atoms. The lowest BCUT2D eigenvalue weighted by Crippen LogP contribution is -2.36. The van der Waals surface area contributed by atoms with Gasteiger partial charge in [-0.2, -0.15) is 0 Å². The van der Waals surface area contributed by atoms with E-state index in [1.54, 1.807) is 13.8 Å². The molecule has 3 unspecified atom stereocenters. The van der Waals surface area contributed by atoms with Crippen LogP contribution in [0.1, 0.15) is 34.1 Å². The quantitative estimate of drug-likeness (QED) is 0.675. The van der Waals surface area contributed by atoms with Crippen LogP contribution in [0.2, 0.25) is 0 Å². The number of hydrogen-bond donors (Lipinski definition) is 1. The molecule has 2 nitrogen and oxygen atoms in total. The van der Waals surface area contributed by atoms with Crippen molar-refractivity contribution in [2.75, 3.05) is 0 Å². The second kappa shape index (κ2) is 2.76. The number of ether oxygens (including phenoxy) is 1. The van der Waals surface area contributed by atoms with Gasteiger partial charge in [0.15, 0.2) is 0 Å². The van der Waals surface area contributed by atoms with Gasteiger partial charge >= 0.3 is 0 Å². The molecule has 0 aromatic carbocycles. The van der Waals surface area contributed by atoms with Crippen LogP contribution in [-0.4, -0.2) is 22.9 Å². The second-order valence-corrected chi connectivity index (χ2v) is 4.18. The summed E-state index contributed by atoms with van der Waals surface area (Å²) in [6.07, 6.45) is 1.49. The molecule has 1 N–H and O–H groups in total. The predicted molar refractivity (Wildman–Crippen MR) is 44.4 cm³/mol. The summed E-state index contributed by atoms with van der Waals surface area (Å²) in [6, 6.07) is 0. The molecule has 1 aliphatic carbocycles. The van der Waals surface area contributed by atoms with Crippen molar-refractivity contribution in [2.45, 2.75) is 51.9 Å². The Hall–Kier alpha value is -0.0800. The Kier molecular flexibility index (Phi) is 2.26. The molecule has 0 radical (unpaired) electrons. The van der Waals surface area contributed by atoms with Gasteiger partial charge in [-0.25, -0.2) is 0 Å². The largest absolute Gasteiger partial charge is 0.388 e. The summed E-state index contributed by atoms with van der Waals surface area (Å²) < 4.78 is 5.59. The molecule has 1 rings (SSSR count). The van der Waals surface area contributed by atoms with Crippen molar-refractivity contribution in [3.63, 3.8) is 0 Å². The summed E-state index contributed by atoms with van der Waals surface area (Å²) in [5.41, 5.74) is -0.706. The van der Waals surface area contributed by atoms with Crippen LogP contribution in [0.25, 0.3) is 0 Å². The van der Waals surface area contributed by atoms with Crippen LogP contribution in [0.5, 0.6) is 0 Å². The van der Waals surface area contributed by atoms with Gasteiger partial charge in [-0.15, -0.1) is 0 Å². The number of hydrogen-bond acceptors (Lipinski definition) is 2. The van der Waals surface area contributed by atoms with Gasteiger partial charge in [0.2, 0.25) is 0 Å². The van der Waals surface area contributed by atoms with Crippen molar-refractivity contribution in [1.29, 1.82) is 0 Å². The van der Waals surface area contributed by atoms with Crippen molar-refractivity contribution >= 4 is 0 Å². The molecule has 2 heteroatoms. The zero-order chi connectivity index (χ0) is 8.65.